The van der Waals surface area contributed by atoms with Crippen molar-refractivity contribution < 1.29 is 27.8 Å². The number of nitrogens with one attached hydrogen (secondary N) is 2. The number of alkyl halides is 3. The summed E-state index contributed by atoms with van der Waals surface area (Å²) < 4.78 is 46.0. The molecule has 3 N–H and O–H groups in total. The van der Waals surface area contributed by atoms with Gasteiger partial charge in [0.2, 0.25) is 0 Å². The van der Waals surface area contributed by atoms with Crippen molar-refractivity contribution in [2.45, 2.75) is 44.4 Å². The summed E-state index contributed by atoms with van der Waals surface area (Å²) >= 11 is 0. The summed E-state index contributed by atoms with van der Waals surface area (Å²) in [5.74, 6) is -0.961. The van der Waals surface area contributed by atoms with Crippen molar-refractivity contribution in [1.82, 2.24) is 14.9 Å². The second-order valence-corrected chi connectivity index (χ2v) is 6.86. The standard InChI is InChI=1S/C19H20F3N3O5/c1-2-10-9-25(18(29)24-16(10)27)15-7-13(26)14(30-15)8-23-17(28)11-5-3-4-6-12(11)19(20,21)22/h3-6,9,13-15,26H,2,7-8H2,1H3,(H,23,28)(H,24,27,29)/t13?,14-,15-/m0/s1. The van der Waals surface area contributed by atoms with Gasteiger partial charge in [-0.2, -0.15) is 13.2 Å². The summed E-state index contributed by atoms with van der Waals surface area (Å²) in [7, 11) is 0. The minimum Gasteiger partial charge on any atom is -0.390 e. The van der Waals surface area contributed by atoms with Crippen molar-refractivity contribution in [3.63, 3.8) is 0 Å². The molecule has 0 bridgehead atoms. The number of benzene rings is 1. The molecule has 1 saturated heterocycles. The number of rotatable bonds is 5. The second kappa shape index (κ2) is 8.44. The average molecular weight is 427 g/mol. The first-order chi connectivity index (χ1) is 14.1. The van der Waals surface area contributed by atoms with Crippen LogP contribution in [0.3, 0.4) is 0 Å². The highest BCUT2D eigenvalue weighted by Gasteiger charge is 2.37. The van der Waals surface area contributed by atoms with Crippen LogP contribution >= 0.6 is 0 Å². The van der Waals surface area contributed by atoms with Crippen LogP contribution in [0.1, 0.15) is 41.1 Å². The second-order valence-electron chi connectivity index (χ2n) is 6.86. The van der Waals surface area contributed by atoms with E-state index in [0.717, 1.165) is 16.7 Å². The topological polar surface area (TPSA) is 113 Å². The van der Waals surface area contributed by atoms with Gasteiger partial charge in [0.1, 0.15) is 12.3 Å². The number of ether oxygens (including phenoxy) is 1. The average Bonchev–Trinajstić information content (AvgIpc) is 3.06. The summed E-state index contributed by atoms with van der Waals surface area (Å²) in [5.41, 5.74) is -2.48. The molecule has 2 heterocycles. The molecule has 1 aromatic heterocycles. The van der Waals surface area contributed by atoms with Crippen LogP contribution in [0, 0.1) is 0 Å². The molecular formula is C19H20F3N3O5. The molecule has 8 nitrogen and oxygen atoms in total. The number of aromatic nitrogens is 2. The third-order valence-electron chi connectivity index (χ3n) is 4.88. The molecule has 0 spiro atoms. The Morgan fingerprint density at radius 1 is 1.33 bits per heavy atom. The predicted octanol–water partition coefficient (Wildman–Crippen LogP) is 1.20. The van der Waals surface area contributed by atoms with Gasteiger partial charge in [0, 0.05) is 24.7 Å². The molecule has 1 amide bonds. The monoisotopic (exact) mass is 427 g/mol. The van der Waals surface area contributed by atoms with Crippen LogP contribution in [0.15, 0.2) is 40.1 Å². The van der Waals surface area contributed by atoms with E-state index in [1.807, 2.05) is 0 Å². The van der Waals surface area contributed by atoms with E-state index in [1.165, 1.54) is 18.3 Å². The van der Waals surface area contributed by atoms with Crippen LogP contribution in [0.2, 0.25) is 0 Å². The minimum absolute atomic E-state index is 0.00871. The number of aryl methyl sites for hydroxylation is 1. The van der Waals surface area contributed by atoms with E-state index in [1.54, 1.807) is 6.92 Å². The Bertz CT molecular complexity index is 1050. The highest BCUT2D eigenvalue weighted by atomic mass is 19.4. The van der Waals surface area contributed by atoms with Crippen molar-refractivity contribution in [3.05, 3.63) is 68.0 Å². The van der Waals surface area contributed by atoms with E-state index < -0.39 is 52.9 Å². The molecule has 0 aliphatic carbocycles. The lowest BCUT2D eigenvalue weighted by Gasteiger charge is -2.18. The molecule has 2 aromatic rings. The van der Waals surface area contributed by atoms with E-state index in [2.05, 4.69) is 10.3 Å². The van der Waals surface area contributed by atoms with Crippen molar-refractivity contribution in [1.29, 1.82) is 0 Å². The van der Waals surface area contributed by atoms with Crippen LogP contribution in [0.25, 0.3) is 0 Å². The van der Waals surface area contributed by atoms with Gasteiger partial charge in [-0.3, -0.25) is 19.1 Å². The lowest BCUT2D eigenvalue weighted by Crippen LogP contribution is -2.38. The number of aromatic amines is 1. The van der Waals surface area contributed by atoms with Crippen LogP contribution < -0.4 is 16.6 Å². The summed E-state index contributed by atoms with van der Waals surface area (Å²) in [6, 6.07) is 4.36. The number of aliphatic hydroxyl groups is 1. The Morgan fingerprint density at radius 2 is 2.03 bits per heavy atom. The molecule has 3 atom stereocenters. The Morgan fingerprint density at radius 3 is 2.70 bits per heavy atom. The van der Waals surface area contributed by atoms with Gasteiger partial charge in [-0.1, -0.05) is 19.1 Å². The van der Waals surface area contributed by atoms with Gasteiger partial charge in [0.15, 0.2) is 0 Å². The number of aliphatic hydroxyl groups excluding tert-OH is 1. The van der Waals surface area contributed by atoms with E-state index >= 15 is 0 Å². The van der Waals surface area contributed by atoms with Gasteiger partial charge in [-0.25, -0.2) is 4.79 Å². The van der Waals surface area contributed by atoms with E-state index in [0.29, 0.717) is 12.0 Å². The third-order valence-corrected chi connectivity index (χ3v) is 4.88. The molecule has 1 aromatic carbocycles. The normalized spacial score (nSPS) is 21.6. The Hall–Kier alpha value is -2.92. The first-order valence-corrected chi connectivity index (χ1v) is 9.24. The largest absolute Gasteiger partial charge is 0.417 e. The van der Waals surface area contributed by atoms with E-state index in [4.69, 9.17) is 4.74 Å². The Kier molecular flexibility index (Phi) is 6.13. The first kappa shape index (κ1) is 21.8. The van der Waals surface area contributed by atoms with Gasteiger partial charge in [-0.15, -0.1) is 0 Å². The number of carbonyl (C=O) groups is 1. The molecule has 11 heteroatoms. The van der Waals surface area contributed by atoms with E-state index in [-0.39, 0.29) is 13.0 Å². The van der Waals surface area contributed by atoms with Crippen molar-refractivity contribution in [3.8, 4) is 0 Å². The molecule has 3 rings (SSSR count). The van der Waals surface area contributed by atoms with Gasteiger partial charge < -0.3 is 15.2 Å². The maximum atomic E-state index is 13.1. The molecule has 30 heavy (non-hydrogen) atoms. The van der Waals surface area contributed by atoms with Crippen molar-refractivity contribution >= 4 is 5.91 Å². The lowest BCUT2D eigenvalue weighted by molar-refractivity contribution is -0.137. The highest BCUT2D eigenvalue weighted by molar-refractivity contribution is 5.95. The zero-order chi connectivity index (χ0) is 22.1. The minimum atomic E-state index is -4.69. The predicted molar refractivity (Wildman–Crippen MR) is 99.0 cm³/mol. The maximum absolute atomic E-state index is 13.1. The quantitative estimate of drug-likeness (QED) is 0.664. The zero-order valence-electron chi connectivity index (χ0n) is 15.9. The molecule has 1 aliphatic heterocycles. The van der Waals surface area contributed by atoms with E-state index in [9.17, 15) is 32.7 Å². The van der Waals surface area contributed by atoms with Gasteiger partial charge >= 0.3 is 11.9 Å². The van der Waals surface area contributed by atoms with Crippen molar-refractivity contribution in [2.24, 2.45) is 0 Å². The molecule has 1 unspecified atom stereocenters. The van der Waals surface area contributed by atoms with Gasteiger partial charge in [0.05, 0.1) is 17.2 Å². The fraction of sp³-hybridized carbons (Fsp3) is 0.421. The number of hydrogen-bond donors (Lipinski definition) is 3. The maximum Gasteiger partial charge on any atom is 0.417 e. The Labute approximate surface area is 168 Å². The number of H-pyrrole nitrogens is 1. The lowest BCUT2D eigenvalue weighted by atomic mass is 10.1. The molecule has 0 radical (unpaired) electrons. The number of nitrogens with zero attached hydrogens (tertiary/aromatic N) is 1. The molecule has 0 saturated carbocycles. The molecule has 1 fully saturated rings. The first-order valence-electron chi connectivity index (χ1n) is 9.24. The smallest absolute Gasteiger partial charge is 0.390 e. The zero-order valence-corrected chi connectivity index (χ0v) is 15.9. The van der Waals surface area contributed by atoms with Crippen molar-refractivity contribution in [2.75, 3.05) is 6.54 Å². The molecular weight excluding hydrogens is 407 g/mol. The van der Waals surface area contributed by atoms with Crippen LogP contribution in [0.5, 0.6) is 0 Å². The summed E-state index contributed by atoms with van der Waals surface area (Å²) in [5, 5.41) is 12.5. The summed E-state index contributed by atoms with van der Waals surface area (Å²) in [6.45, 7) is 1.47. The van der Waals surface area contributed by atoms with Crippen LogP contribution in [-0.4, -0.2) is 39.3 Å². The Balaban J connectivity index is 1.71. The summed E-state index contributed by atoms with van der Waals surface area (Å²) in [6.07, 6.45) is -5.86. The molecule has 1 aliphatic rings. The fourth-order valence-corrected chi connectivity index (χ4v) is 3.28. The highest BCUT2D eigenvalue weighted by Crippen LogP contribution is 2.32. The van der Waals surface area contributed by atoms with Crippen LogP contribution in [0.4, 0.5) is 13.2 Å². The number of halogens is 3. The fourth-order valence-electron chi connectivity index (χ4n) is 3.28. The number of amides is 1. The number of carbonyl (C=O) groups excluding carboxylic acids is 1. The third kappa shape index (κ3) is 4.46. The number of hydrogen-bond acceptors (Lipinski definition) is 5. The summed E-state index contributed by atoms with van der Waals surface area (Å²) in [4.78, 5) is 38.2. The van der Waals surface area contributed by atoms with Gasteiger partial charge in [0.25, 0.3) is 11.5 Å². The SMILES string of the molecule is CCc1cn([C@@H]2CC(O)[C@H](CNC(=O)c3ccccc3C(F)(F)F)O2)c(=O)[nH]c1=O. The van der Waals surface area contributed by atoms with Crippen LogP contribution in [-0.2, 0) is 17.3 Å². The molecule has 162 valence electrons. The van der Waals surface area contributed by atoms with Gasteiger partial charge in [-0.05, 0) is 18.6 Å².